The normalized spacial score (nSPS) is 21.2. The summed E-state index contributed by atoms with van der Waals surface area (Å²) in [6, 6.07) is 6.27. The summed E-state index contributed by atoms with van der Waals surface area (Å²) in [5.41, 5.74) is -0.418. The number of hydrogen-bond donors (Lipinski definition) is 0. The van der Waals surface area contributed by atoms with Crippen LogP contribution < -0.4 is 0 Å². The standard InChI is InChI=1S/C13H18N2O/c1-13(11-14,10-12-6-5-9-16-12)15-7-3-2-4-8-15/h5-6,9H,2-4,7-8,10H2,1H3. The molecule has 0 spiro atoms. The minimum Gasteiger partial charge on any atom is -0.469 e. The third kappa shape index (κ3) is 2.28. The molecule has 0 N–H and O–H groups in total. The molecule has 2 rings (SSSR count). The molecule has 0 aliphatic carbocycles. The first kappa shape index (κ1) is 11.2. The lowest BCUT2D eigenvalue weighted by atomic mass is 9.93. The smallest absolute Gasteiger partial charge is 0.113 e. The lowest BCUT2D eigenvalue weighted by molar-refractivity contribution is 0.119. The van der Waals surface area contributed by atoms with E-state index < -0.39 is 5.54 Å². The van der Waals surface area contributed by atoms with Gasteiger partial charge in [0.25, 0.3) is 0 Å². The van der Waals surface area contributed by atoms with Gasteiger partial charge in [-0.05, 0) is 45.0 Å². The van der Waals surface area contributed by atoms with Gasteiger partial charge in [0.05, 0.1) is 12.3 Å². The fourth-order valence-corrected chi connectivity index (χ4v) is 2.36. The van der Waals surface area contributed by atoms with E-state index in [0.29, 0.717) is 6.42 Å². The van der Waals surface area contributed by atoms with Crippen LogP contribution in [0.4, 0.5) is 0 Å². The molecule has 1 fully saturated rings. The maximum Gasteiger partial charge on any atom is 0.113 e. The molecular formula is C13H18N2O. The first-order chi connectivity index (χ1) is 7.74. The average molecular weight is 218 g/mol. The summed E-state index contributed by atoms with van der Waals surface area (Å²) in [6.07, 6.45) is 6.05. The van der Waals surface area contributed by atoms with Crippen LogP contribution in [0.5, 0.6) is 0 Å². The van der Waals surface area contributed by atoms with Crippen LogP contribution in [0.3, 0.4) is 0 Å². The molecule has 1 unspecified atom stereocenters. The second-order valence-corrected chi connectivity index (χ2v) is 4.69. The molecule has 1 aliphatic heterocycles. The van der Waals surface area contributed by atoms with E-state index in [9.17, 15) is 5.26 Å². The second kappa shape index (κ2) is 4.71. The van der Waals surface area contributed by atoms with Crippen molar-refractivity contribution in [3.8, 4) is 6.07 Å². The fraction of sp³-hybridized carbons (Fsp3) is 0.615. The van der Waals surface area contributed by atoms with Gasteiger partial charge in [-0.25, -0.2) is 0 Å². The zero-order chi connectivity index (χ0) is 11.4. The summed E-state index contributed by atoms with van der Waals surface area (Å²) in [4.78, 5) is 2.29. The molecule has 3 heteroatoms. The molecule has 1 aromatic rings. The van der Waals surface area contributed by atoms with Gasteiger partial charge in [-0.1, -0.05) is 6.42 Å². The first-order valence-electron chi connectivity index (χ1n) is 5.93. The van der Waals surface area contributed by atoms with Gasteiger partial charge in [0.1, 0.15) is 11.3 Å². The Labute approximate surface area is 96.7 Å². The van der Waals surface area contributed by atoms with Gasteiger partial charge in [0, 0.05) is 6.42 Å². The van der Waals surface area contributed by atoms with Crippen LogP contribution in [-0.2, 0) is 6.42 Å². The highest BCUT2D eigenvalue weighted by molar-refractivity contribution is 5.14. The van der Waals surface area contributed by atoms with E-state index >= 15 is 0 Å². The Kier molecular flexibility index (Phi) is 3.31. The van der Waals surface area contributed by atoms with Crippen LogP contribution >= 0.6 is 0 Å². The predicted octanol–water partition coefficient (Wildman–Crippen LogP) is 2.59. The van der Waals surface area contributed by atoms with Crippen molar-refractivity contribution >= 4 is 0 Å². The van der Waals surface area contributed by atoms with Gasteiger partial charge in [-0.3, -0.25) is 4.90 Å². The van der Waals surface area contributed by atoms with Crippen LogP contribution in [0.1, 0.15) is 31.9 Å². The molecular weight excluding hydrogens is 200 g/mol. The number of nitrogens with zero attached hydrogens (tertiary/aromatic N) is 2. The lowest BCUT2D eigenvalue weighted by Gasteiger charge is -2.38. The number of rotatable bonds is 3. The summed E-state index contributed by atoms with van der Waals surface area (Å²) in [6.45, 7) is 4.08. The van der Waals surface area contributed by atoms with E-state index in [0.717, 1.165) is 18.8 Å². The van der Waals surface area contributed by atoms with Gasteiger partial charge < -0.3 is 4.42 Å². The molecule has 1 aromatic heterocycles. The van der Waals surface area contributed by atoms with E-state index in [4.69, 9.17) is 4.42 Å². The van der Waals surface area contributed by atoms with Crippen molar-refractivity contribution in [2.75, 3.05) is 13.1 Å². The van der Waals surface area contributed by atoms with Gasteiger partial charge >= 0.3 is 0 Å². The monoisotopic (exact) mass is 218 g/mol. The fourth-order valence-electron chi connectivity index (χ4n) is 2.36. The molecule has 2 heterocycles. The Hall–Kier alpha value is -1.27. The minimum absolute atomic E-state index is 0.418. The number of piperidine rings is 1. The Bertz CT molecular complexity index is 360. The van der Waals surface area contributed by atoms with E-state index in [1.165, 1.54) is 19.3 Å². The number of hydrogen-bond acceptors (Lipinski definition) is 3. The van der Waals surface area contributed by atoms with Crippen molar-refractivity contribution in [2.45, 2.75) is 38.1 Å². The molecule has 16 heavy (non-hydrogen) atoms. The maximum atomic E-state index is 9.40. The molecule has 1 aliphatic rings. The van der Waals surface area contributed by atoms with Crippen LogP contribution in [0.25, 0.3) is 0 Å². The van der Waals surface area contributed by atoms with Crippen LogP contribution in [0, 0.1) is 11.3 Å². The van der Waals surface area contributed by atoms with Crippen molar-refractivity contribution < 1.29 is 4.42 Å². The Morgan fingerprint density at radius 1 is 1.44 bits per heavy atom. The minimum atomic E-state index is -0.418. The van der Waals surface area contributed by atoms with E-state index in [-0.39, 0.29) is 0 Å². The summed E-state index contributed by atoms with van der Waals surface area (Å²) in [5.74, 6) is 0.898. The van der Waals surface area contributed by atoms with Crippen LogP contribution in [0.2, 0.25) is 0 Å². The van der Waals surface area contributed by atoms with Crippen molar-refractivity contribution in [3.63, 3.8) is 0 Å². The maximum absolute atomic E-state index is 9.40. The highest BCUT2D eigenvalue weighted by Gasteiger charge is 2.33. The van der Waals surface area contributed by atoms with Gasteiger partial charge in [0.2, 0.25) is 0 Å². The topological polar surface area (TPSA) is 40.2 Å². The van der Waals surface area contributed by atoms with Crippen molar-refractivity contribution in [1.82, 2.24) is 4.90 Å². The summed E-state index contributed by atoms with van der Waals surface area (Å²) in [7, 11) is 0. The lowest BCUT2D eigenvalue weighted by Crippen LogP contribution is -2.49. The molecule has 0 bridgehead atoms. The molecule has 0 amide bonds. The third-order valence-electron chi connectivity index (χ3n) is 3.39. The van der Waals surface area contributed by atoms with Crippen LogP contribution in [0.15, 0.2) is 22.8 Å². The third-order valence-corrected chi connectivity index (χ3v) is 3.39. The van der Waals surface area contributed by atoms with Gasteiger partial charge in [-0.2, -0.15) is 5.26 Å². The first-order valence-corrected chi connectivity index (χ1v) is 5.93. The predicted molar refractivity (Wildman–Crippen MR) is 61.9 cm³/mol. The Balaban J connectivity index is 2.09. The van der Waals surface area contributed by atoms with Crippen molar-refractivity contribution in [1.29, 1.82) is 5.26 Å². The number of likely N-dealkylation sites (tertiary alicyclic amines) is 1. The van der Waals surface area contributed by atoms with E-state index in [2.05, 4.69) is 11.0 Å². The Morgan fingerprint density at radius 3 is 2.75 bits per heavy atom. The highest BCUT2D eigenvalue weighted by atomic mass is 16.3. The average Bonchev–Trinajstić information content (AvgIpc) is 2.83. The zero-order valence-corrected chi connectivity index (χ0v) is 9.78. The van der Waals surface area contributed by atoms with E-state index in [1.54, 1.807) is 6.26 Å². The van der Waals surface area contributed by atoms with Gasteiger partial charge in [-0.15, -0.1) is 0 Å². The largest absolute Gasteiger partial charge is 0.469 e. The summed E-state index contributed by atoms with van der Waals surface area (Å²) in [5, 5.41) is 9.40. The van der Waals surface area contributed by atoms with Crippen molar-refractivity contribution in [2.24, 2.45) is 0 Å². The van der Waals surface area contributed by atoms with Gasteiger partial charge in [0.15, 0.2) is 0 Å². The summed E-state index contributed by atoms with van der Waals surface area (Å²) >= 11 is 0. The zero-order valence-electron chi connectivity index (χ0n) is 9.78. The summed E-state index contributed by atoms with van der Waals surface area (Å²) < 4.78 is 5.34. The van der Waals surface area contributed by atoms with E-state index in [1.807, 2.05) is 19.1 Å². The second-order valence-electron chi connectivity index (χ2n) is 4.69. The number of nitriles is 1. The number of furan rings is 1. The molecule has 0 aromatic carbocycles. The molecule has 0 saturated carbocycles. The highest BCUT2D eigenvalue weighted by Crippen LogP contribution is 2.24. The molecule has 1 saturated heterocycles. The van der Waals surface area contributed by atoms with Crippen molar-refractivity contribution in [3.05, 3.63) is 24.2 Å². The Morgan fingerprint density at radius 2 is 2.19 bits per heavy atom. The quantitative estimate of drug-likeness (QED) is 0.783. The van der Waals surface area contributed by atoms with Crippen LogP contribution in [-0.4, -0.2) is 23.5 Å². The molecule has 3 nitrogen and oxygen atoms in total. The molecule has 86 valence electrons. The molecule has 1 atom stereocenters. The SMILES string of the molecule is CC(C#N)(Cc1ccco1)N1CCCCC1. The molecule has 0 radical (unpaired) electrons.